The lowest BCUT2D eigenvalue weighted by molar-refractivity contribution is 0.0584. The molecule has 3 nitrogen and oxygen atoms in total. The van der Waals surface area contributed by atoms with Crippen molar-refractivity contribution in [1.82, 2.24) is 0 Å². The summed E-state index contributed by atoms with van der Waals surface area (Å²) in [5, 5.41) is 8.29. The van der Waals surface area contributed by atoms with Crippen molar-refractivity contribution in [3.63, 3.8) is 0 Å². The lowest BCUT2D eigenvalue weighted by Crippen LogP contribution is -2.02. The summed E-state index contributed by atoms with van der Waals surface area (Å²) in [6, 6.07) is 0. The third-order valence-corrected chi connectivity index (χ3v) is 1.79. The lowest BCUT2D eigenvalue weighted by Gasteiger charge is -1.99. The van der Waals surface area contributed by atoms with Crippen molar-refractivity contribution < 1.29 is 14.6 Å². The molecule has 0 aromatic heterocycles. The van der Waals surface area contributed by atoms with Crippen LogP contribution >= 0.6 is 0 Å². The Labute approximate surface area is 94.8 Å². The molecular formula is C12H28O3. The predicted molar refractivity (Wildman–Crippen MR) is 64.2 cm³/mol. The molecule has 0 aromatic rings. The molecule has 0 spiro atoms. The normalized spacial score (nSPS) is 9.60. The largest absolute Gasteiger partial charge is 0.396 e. The molecule has 3 heteroatoms. The highest BCUT2D eigenvalue weighted by Gasteiger charge is 1.81. The zero-order chi connectivity index (χ0) is 11.8. The van der Waals surface area contributed by atoms with Crippen molar-refractivity contribution in [2.75, 3.05) is 33.0 Å². The minimum Gasteiger partial charge on any atom is -0.396 e. The summed E-state index contributed by atoms with van der Waals surface area (Å²) in [5.41, 5.74) is 0. The summed E-state index contributed by atoms with van der Waals surface area (Å²) in [6.07, 6.45) is 4.68. The fourth-order valence-corrected chi connectivity index (χ4v) is 0.945. The molecule has 0 saturated carbocycles. The molecule has 0 atom stereocenters. The van der Waals surface area contributed by atoms with Gasteiger partial charge in [0, 0.05) is 19.8 Å². The first kappa shape index (κ1) is 17.3. The molecule has 1 N–H and O–H groups in total. The van der Waals surface area contributed by atoms with Crippen molar-refractivity contribution in [3.8, 4) is 0 Å². The molecule has 0 heterocycles. The van der Waals surface area contributed by atoms with Crippen molar-refractivity contribution in [3.05, 3.63) is 0 Å². The van der Waals surface area contributed by atoms with Crippen LogP contribution in [0.3, 0.4) is 0 Å². The van der Waals surface area contributed by atoms with E-state index in [9.17, 15) is 0 Å². The molecule has 0 aliphatic heterocycles. The Hall–Kier alpha value is -0.120. The number of hydrogen-bond acceptors (Lipinski definition) is 3. The Kier molecular flexibility index (Phi) is 22.4. The van der Waals surface area contributed by atoms with Crippen LogP contribution in [-0.2, 0) is 9.47 Å². The number of unbranched alkanes of at least 4 members (excludes halogenated alkanes) is 3. The minimum absolute atomic E-state index is 0.361. The first-order valence-corrected chi connectivity index (χ1v) is 6.09. The third kappa shape index (κ3) is 24.8. The van der Waals surface area contributed by atoms with Gasteiger partial charge in [0.2, 0.25) is 0 Å². The average molecular weight is 220 g/mol. The smallest absolute Gasteiger partial charge is 0.0700 e. The topological polar surface area (TPSA) is 38.7 Å². The fourth-order valence-electron chi connectivity index (χ4n) is 0.945. The van der Waals surface area contributed by atoms with Crippen LogP contribution in [0.2, 0.25) is 0 Å². The molecule has 0 fully saturated rings. The zero-order valence-electron chi connectivity index (χ0n) is 10.6. The van der Waals surface area contributed by atoms with Gasteiger partial charge in [-0.15, -0.1) is 0 Å². The highest BCUT2D eigenvalue weighted by Crippen LogP contribution is 1.96. The summed E-state index contributed by atoms with van der Waals surface area (Å²) in [7, 11) is 0. The molecule has 0 aromatic carbocycles. The van der Waals surface area contributed by atoms with Gasteiger partial charge in [-0.1, -0.05) is 26.2 Å². The summed E-state index contributed by atoms with van der Waals surface area (Å²) < 4.78 is 10.0. The molecule has 0 unspecified atom stereocenters. The van der Waals surface area contributed by atoms with Crippen LogP contribution < -0.4 is 0 Å². The monoisotopic (exact) mass is 220 g/mol. The molecule has 0 aliphatic carbocycles. The summed E-state index contributed by atoms with van der Waals surface area (Å²) >= 11 is 0. The highest BCUT2D eigenvalue weighted by molar-refractivity contribution is 4.35. The second kappa shape index (κ2) is 19.5. The maximum absolute atomic E-state index is 8.29. The van der Waals surface area contributed by atoms with Gasteiger partial charge >= 0.3 is 0 Å². The molecule has 0 rings (SSSR count). The van der Waals surface area contributed by atoms with Gasteiger partial charge < -0.3 is 14.6 Å². The van der Waals surface area contributed by atoms with Crippen LogP contribution in [0.25, 0.3) is 0 Å². The maximum Gasteiger partial charge on any atom is 0.0700 e. The predicted octanol–water partition coefficient (Wildman–Crippen LogP) is 2.62. The highest BCUT2D eigenvalue weighted by atomic mass is 16.5. The molecule has 0 aliphatic rings. The molecule has 94 valence electrons. The molecule has 0 saturated heterocycles. The number of hydrogen-bond donors (Lipinski definition) is 1. The van der Waals surface area contributed by atoms with Crippen LogP contribution in [-0.4, -0.2) is 38.1 Å². The van der Waals surface area contributed by atoms with Gasteiger partial charge in [0.05, 0.1) is 13.2 Å². The lowest BCUT2D eigenvalue weighted by atomic mass is 10.2. The minimum atomic E-state index is 0.361. The number of ether oxygens (including phenoxy) is 2. The van der Waals surface area contributed by atoms with Crippen molar-refractivity contribution in [1.29, 1.82) is 0 Å². The van der Waals surface area contributed by atoms with E-state index in [1.807, 2.05) is 13.8 Å². The number of aliphatic hydroxyl groups is 1. The molecule has 0 radical (unpaired) electrons. The average Bonchev–Trinajstić information content (AvgIpc) is 2.26. The van der Waals surface area contributed by atoms with E-state index < -0.39 is 0 Å². The Morgan fingerprint density at radius 2 is 1.33 bits per heavy atom. The van der Waals surface area contributed by atoms with E-state index in [0.717, 1.165) is 32.8 Å². The second-order valence-corrected chi connectivity index (χ2v) is 3.18. The first-order chi connectivity index (χ1) is 7.33. The quantitative estimate of drug-likeness (QED) is 0.607. The van der Waals surface area contributed by atoms with E-state index in [4.69, 9.17) is 14.6 Å². The zero-order valence-corrected chi connectivity index (χ0v) is 10.6. The van der Waals surface area contributed by atoms with Gasteiger partial charge in [0.15, 0.2) is 0 Å². The van der Waals surface area contributed by atoms with Gasteiger partial charge in [0.1, 0.15) is 0 Å². The number of rotatable bonds is 9. The van der Waals surface area contributed by atoms with Gasteiger partial charge in [-0.25, -0.2) is 0 Å². The van der Waals surface area contributed by atoms with Crippen LogP contribution in [0.4, 0.5) is 0 Å². The van der Waals surface area contributed by atoms with Crippen molar-refractivity contribution >= 4 is 0 Å². The third-order valence-electron chi connectivity index (χ3n) is 1.79. The Morgan fingerprint density at radius 1 is 0.800 bits per heavy atom. The standard InChI is InChI=1S/C6H14O2.C6H14O/c1-3-7-5-6-8-4-2;1-2-3-4-5-6-7/h3-6H2,1-2H3;7H,2-6H2,1H3. The van der Waals surface area contributed by atoms with Gasteiger partial charge in [-0.3, -0.25) is 0 Å². The van der Waals surface area contributed by atoms with E-state index in [-0.39, 0.29) is 0 Å². The van der Waals surface area contributed by atoms with Gasteiger partial charge in [-0.2, -0.15) is 0 Å². The molecule has 0 bridgehead atoms. The second-order valence-electron chi connectivity index (χ2n) is 3.18. The van der Waals surface area contributed by atoms with Crippen LogP contribution in [0.15, 0.2) is 0 Å². The molecule has 15 heavy (non-hydrogen) atoms. The van der Waals surface area contributed by atoms with E-state index in [1.165, 1.54) is 19.3 Å². The first-order valence-electron chi connectivity index (χ1n) is 6.09. The van der Waals surface area contributed by atoms with Gasteiger partial charge in [0.25, 0.3) is 0 Å². The Balaban J connectivity index is 0. The van der Waals surface area contributed by atoms with E-state index in [1.54, 1.807) is 0 Å². The van der Waals surface area contributed by atoms with Crippen LogP contribution in [0.5, 0.6) is 0 Å². The Morgan fingerprint density at radius 3 is 1.67 bits per heavy atom. The van der Waals surface area contributed by atoms with Crippen LogP contribution in [0.1, 0.15) is 46.5 Å². The number of aliphatic hydroxyl groups excluding tert-OH is 1. The fraction of sp³-hybridized carbons (Fsp3) is 1.00. The van der Waals surface area contributed by atoms with E-state index in [2.05, 4.69) is 6.92 Å². The molecular weight excluding hydrogens is 192 g/mol. The van der Waals surface area contributed by atoms with Crippen LogP contribution in [0, 0.1) is 0 Å². The van der Waals surface area contributed by atoms with Crippen molar-refractivity contribution in [2.24, 2.45) is 0 Å². The maximum atomic E-state index is 8.29. The molecule has 0 amide bonds. The Bertz CT molecular complexity index is 76.9. The SMILES string of the molecule is CCCCCCO.CCOCCOCC. The van der Waals surface area contributed by atoms with E-state index in [0.29, 0.717) is 6.61 Å². The van der Waals surface area contributed by atoms with Gasteiger partial charge in [-0.05, 0) is 20.3 Å². The summed E-state index contributed by atoms with van der Waals surface area (Å²) in [5.74, 6) is 0. The van der Waals surface area contributed by atoms with E-state index >= 15 is 0 Å². The summed E-state index contributed by atoms with van der Waals surface area (Å²) in [6.45, 7) is 9.50. The summed E-state index contributed by atoms with van der Waals surface area (Å²) in [4.78, 5) is 0. The van der Waals surface area contributed by atoms with Crippen molar-refractivity contribution in [2.45, 2.75) is 46.5 Å².